The topological polar surface area (TPSA) is 15.3 Å². The van der Waals surface area contributed by atoms with Gasteiger partial charge >= 0.3 is 0 Å². The first-order valence-corrected chi connectivity index (χ1v) is 9.35. The molecule has 1 aliphatic heterocycles. The van der Waals surface area contributed by atoms with Crippen LogP contribution in [0.15, 0.2) is 14.3 Å². The first-order chi connectivity index (χ1) is 9.06. The van der Waals surface area contributed by atoms with Crippen LogP contribution < -0.4 is 5.32 Å². The number of halogens is 2. The molecule has 1 aliphatic rings. The second-order valence-electron chi connectivity index (χ2n) is 5.55. The van der Waals surface area contributed by atoms with Crippen molar-refractivity contribution in [3.8, 4) is 0 Å². The van der Waals surface area contributed by atoms with E-state index in [2.05, 4.69) is 62.0 Å². The number of hydrogen-bond donors (Lipinski definition) is 1. The third-order valence-electron chi connectivity index (χ3n) is 3.74. The maximum atomic E-state index is 3.59. The Kier molecular flexibility index (Phi) is 6.34. The molecule has 0 atom stereocenters. The summed E-state index contributed by atoms with van der Waals surface area (Å²) in [6, 6.07) is 2.85. The van der Waals surface area contributed by atoms with E-state index >= 15 is 0 Å². The molecule has 0 saturated carbocycles. The minimum atomic E-state index is 0.606. The van der Waals surface area contributed by atoms with E-state index in [0.29, 0.717) is 6.04 Å². The Balaban J connectivity index is 1.95. The fraction of sp³-hybridized carbons (Fsp3) is 0.714. The summed E-state index contributed by atoms with van der Waals surface area (Å²) in [7, 11) is 0. The summed E-state index contributed by atoms with van der Waals surface area (Å²) in [4.78, 5) is 4.04. The molecule has 0 spiro atoms. The van der Waals surface area contributed by atoms with E-state index in [0.717, 1.165) is 12.5 Å². The summed E-state index contributed by atoms with van der Waals surface area (Å²) in [5.41, 5.74) is 0. The van der Waals surface area contributed by atoms with E-state index in [-0.39, 0.29) is 0 Å². The van der Waals surface area contributed by atoms with Crippen molar-refractivity contribution in [2.45, 2.75) is 39.3 Å². The van der Waals surface area contributed by atoms with Crippen LogP contribution >= 0.6 is 43.2 Å². The second-order valence-corrected chi connectivity index (χ2v) is 8.86. The fourth-order valence-electron chi connectivity index (χ4n) is 2.52. The Morgan fingerprint density at radius 2 is 2.05 bits per heavy atom. The predicted molar refractivity (Wildman–Crippen MR) is 90.9 cm³/mol. The molecule has 0 unspecified atom stereocenters. The zero-order valence-electron chi connectivity index (χ0n) is 11.6. The molecule has 108 valence electrons. The monoisotopic (exact) mass is 408 g/mol. The highest BCUT2D eigenvalue weighted by molar-refractivity contribution is 9.13. The van der Waals surface area contributed by atoms with E-state index < -0.39 is 0 Å². The molecule has 1 fully saturated rings. The van der Waals surface area contributed by atoms with Gasteiger partial charge in [0.25, 0.3) is 0 Å². The van der Waals surface area contributed by atoms with Crippen molar-refractivity contribution in [3.05, 3.63) is 19.2 Å². The van der Waals surface area contributed by atoms with Gasteiger partial charge in [0.15, 0.2) is 0 Å². The van der Waals surface area contributed by atoms with Crippen LogP contribution in [0.1, 0.15) is 31.6 Å². The predicted octanol–water partition coefficient (Wildman–Crippen LogP) is 4.48. The molecular weight excluding hydrogens is 388 g/mol. The van der Waals surface area contributed by atoms with Crippen molar-refractivity contribution in [2.75, 3.05) is 19.6 Å². The van der Waals surface area contributed by atoms with Gasteiger partial charge in [-0.2, -0.15) is 0 Å². The Morgan fingerprint density at radius 3 is 2.58 bits per heavy atom. The van der Waals surface area contributed by atoms with Gasteiger partial charge in [-0.3, -0.25) is 4.90 Å². The highest BCUT2D eigenvalue weighted by Crippen LogP contribution is 2.33. The standard InChI is InChI=1S/C14H22Br2N2S/c1-10(2)18(8-11-3-5-17-6-4-11)9-12-7-13(15)14(16)19-12/h7,10-11,17H,3-6,8-9H2,1-2H3. The van der Waals surface area contributed by atoms with Gasteiger partial charge in [0.1, 0.15) is 0 Å². The largest absolute Gasteiger partial charge is 0.317 e. The number of rotatable bonds is 5. The van der Waals surface area contributed by atoms with Crippen LogP contribution in [0.2, 0.25) is 0 Å². The van der Waals surface area contributed by atoms with E-state index in [1.54, 1.807) is 0 Å². The molecule has 1 saturated heterocycles. The molecular formula is C14H22Br2N2S. The van der Waals surface area contributed by atoms with Gasteiger partial charge in [-0.15, -0.1) is 11.3 Å². The number of nitrogens with zero attached hydrogens (tertiary/aromatic N) is 1. The van der Waals surface area contributed by atoms with E-state index in [9.17, 15) is 0 Å². The van der Waals surface area contributed by atoms with Crippen LogP contribution in [-0.4, -0.2) is 30.6 Å². The SMILES string of the molecule is CC(C)N(Cc1cc(Br)c(Br)s1)CC1CCNCC1. The molecule has 5 heteroatoms. The lowest BCUT2D eigenvalue weighted by atomic mass is 9.97. The van der Waals surface area contributed by atoms with E-state index in [1.807, 2.05) is 11.3 Å². The lowest BCUT2D eigenvalue weighted by Crippen LogP contribution is -2.38. The molecule has 1 aromatic rings. The van der Waals surface area contributed by atoms with Crippen LogP contribution in [-0.2, 0) is 6.54 Å². The van der Waals surface area contributed by atoms with E-state index in [1.165, 1.54) is 45.6 Å². The Labute approximate surface area is 137 Å². The zero-order chi connectivity index (χ0) is 13.8. The Hall–Kier alpha value is 0.580. The third-order valence-corrected chi connectivity index (χ3v) is 6.98. The normalized spacial score (nSPS) is 17.6. The molecule has 0 radical (unpaired) electrons. The second kappa shape index (κ2) is 7.55. The first kappa shape index (κ1) is 16.0. The lowest BCUT2D eigenvalue weighted by molar-refractivity contribution is 0.163. The quantitative estimate of drug-likeness (QED) is 0.770. The number of thiophene rings is 1. The molecule has 1 aromatic heterocycles. The van der Waals surface area contributed by atoms with Gasteiger partial charge in [-0.05, 0) is 83.6 Å². The lowest BCUT2D eigenvalue weighted by Gasteiger charge is -2.32. The summed E-state index contributed by atoms with van der Waals surface area (Å²) in [6.45, 7) is 9.28. The van der Waals surface area contributed by atoms with Crippen molar-refractivity contribution < 1.29 is 0 Å². The van der Waals surface area contributed by atoms with Crippen LogP contribution in [0.4, 0.5) is 0 Å². The van der Waals surface area contributed by atoms with Crippen molar-refractivity contribution in [2.24, 2.45) is 5.92 Å². The van der Waals surface area contributed by atoms with Crippen LogP contribution in [0.5, 0.6) is 0 Å². The maximum Gasteiger partial charge on any atom is 0.0843 e. The fourth-order valence-corrected chi connectivity index (χ4v) is 4.73. The van der Waals surface area contributed by atoms with Crippen molar-refractivity contribution in [1.29, 1.82) is 0 Å². The number of nitrogens with one attached hydrogen (secondary N) is 1. The van der Waals surface area contributed by atoms with Gasteiger partial charge in [0.05, 0.1) is 3.79 Å². The molecule has 0 aromatic carbocycles. The van der Waals surface area contributed by atoms with Gasteiger partial charge in [-0.25, -0.2) is 0 Å². The van der Waals surface area contributed by atoms with E-state index in [4.69, 9.17) is 0 Å². The van der Waals surface area contributed by atoms with Crippen molar-refractivity contribution in [3.63, 3.8) is 0 Å². The van der Waals surface area contributed by atoms with Crippen molar-refractivity contribution >= 4 is 43.2 Å². The van der Waals surface area contributed by atoms with Crippen LogP contribution in [0, 0.1) is 5.92 Å². The third kappa shape index (κ3) is 4.81. The van der Waals surface area contributed by atoms with Gasteiger partial charge in [-0.1, -0.05) is 0 Å². The summed E-state index contributed by atoms with van der Waals surface area (Å²) in [5, 5.41) is 3.45. The first-order valence-electron chi connectivity index (χ1n) is 6.94. The van der Waals surface area contributed by atoms with Crippen molar-refractivity contribution in [1.82, 2.24) is 10.2 Å². The Bertz CT molecular complexity index is 381. The molecule has 1 N–H and O–H groups in total. The smallest absolute Gasteiger partial charge is 0.0843 e. The Morgan fingerprint density at radius 1 is 1.37 bits per heavy atom. The minimum Gasteiger partial charge on any atom is -0.317 e. The summed E-state index contributed by atoms with van der Waals surface area (Å²) in [6.07, 6.45) is 2.64. The van der Waals surface area contributed by atoms with Gasteiger partial charge in [0, 0.05) is 28.5 Å². The minimum absolute atomic E-state index is 0.606. The highest BCUT2D eigenvalue weighted by Gasteiger charge is 2.19. The molecule has 19 heavy (non-hydrogen) atoms. The van der Waals surface area contributed by atoms with Gasteiger partial charge < -0.3 is 5.32 Å². The molecule has 0 amide bonds. The highest BCUT2D eigenvalue weighted by atomic mass is 79.9. The molecule has 2 heterocycles. The molecule has 2 nitrogen and oxygen atoms in total. The zero-order valence-corrected chi connectivity index (χ0v) is 15.6. The summed E-state index contributed by atoms with van der Waals surface area (Å²) in [5.74, 6) is 0.857. The van der Waals surface area contributed by atoms with Gasteiger partial charge in [0.2, 0.25) is 0 Å². The summed E-state index contributed by atoms with van der Waals surface area (Å²) < 4.78 is 2.38. The average molecular weight is 410 g/mol. The molecule has 0 aliphatic carbocycles. The summed E-state index contributed by atoms with van der Waals surface area (Å²) >= 11 is 9.00. The van der Waals surface area contributed by atoms with Crippen LogP contribution in [0.3, 0.4) is 0 Å². The molecule has 2 rings (SSSR count). The number of piperidine rings is 1. The average Bonchev–Trinajstić information content (AvgIpc) is 2.69. The molecule has 0 bridgehead atoms. The number of hydrogen-bond acceptors (Lipinski definition) is 3. The maximum absolute atomic E-state index is 3.59. The van der Waals surface area contributed by atoms with Crippen LogP contribution in [0.25, 0.3) is 0 Å².